The van der Waals surface area contributed by atoms with Gasteiger partial charge in [-0.1, -0.05) is 36.9 Å². The Morgan fingerprint density at radius 1 is 1.11 bits per heavy atom. The molecule has 3 heterocycles. The van der Waals surface area contributed by atoms with E-state index in [2.05, 4.69) is 33.8 Å². The number of carbonyl (C=O) groups excluding carboxylic acids is 2. The normalized spacial score (nSPS) is 22.2. The highest BCUT2D eigenvalue weighted by atomic mass is 19.1. The zero-order valence-electron chi connectivity index (χ0n) is 21.9. The fourth-order valence-corrected chi connectivity index (χ4v) is 5.55. The van der Waals surface area contributed by atoms with Crippen LogP contribution >= 0.6 is 0 Å². The van der Waals surface area contributed by atoms with Gasteiger partial charge in [0.1, 0.15) is 26.2 Å². The molecule has 2 radical (unpaired) electrons. The molecule has 0 bridgehead atoms. The zero-order chi connectivity index (χ0) is 26.9. The molecule has 0 aromatic heterocycles. The van der Waals surface area contributed by atoms with Crippen LogP contribution in [0.4, 0.5) is 4.39 Å². The Kier molecular flexibility index (Phi) is 7.59. The summed E-state index contributed by atoms with van der Waals surface area (Å²) in [5.74, 6) is 0.353. The Bertz CT molecular complexity index is 1220. The van der Waals surface area contributed by atoms with Crippen molar-refractivity contribution in [2.45, 2.75) is 51.1 Å². The number of piperazine rings is 1. The molecule has 0 spiro atoms. The zero-order valence-corrected chi connectivity index (χ0v) is 21.9. The number of piperidine rings is 1. The van der Waals surface area contributed by atoms with Gasteiger partial charge in [-0.2, -0.15) is 0 Å². The Balaban J connectivity index is 1.19. The first kappa shape index (κ1) is 26.4. The Morgan fingerprint density at radius 2 is 1.82 bits per heavy atom. The molecule has 2 aromatic rings. The van der Waals surface area contributed by atoms with E-state index in [0.29, 0.717) is 43.0 Å². The average molecular weight is 516 g/mol. The summed E-state index contributed by atoms with van der Waals surface area (Å²) in [6, 6.07) is 13.3. The number of nitrogens with zero attached hydrogens (tertiary/aromatic N) is 3. The third-order valence-corrected chi connectivity index (χ3v) is 7.44. The molecule has 2 atom stereocenters. The summed E-state index contributed by atoms with van der Waals surface area (Å²) >= 11 is 0. The van der Waals surface area contributed by atoms with Crippen LogP contribution in [-0.2, 0) is 24.5 Å². The maximum Gasteiger partial charge on any atom is 0.255 e. The van der Waals surface area contributed by atoms with Crippen molar-refractivity contribution in [3.05, 3.63) is 77.0 Å². The van der Waals surface area contributed by atoms with E-state index < -0.39 is 11.6 Å². The molecule has 9 heteroatoms. The summed E-state index contributed by atoms with van der Waals surface area (Å²) in [5, 5.41) is 2.78. The number of allylic oxidation sites excluding steroid dienone is 1. The van der Waals surface area contributed by atoms with Gasteiger partial charge in [-0.15, -0.1) is 0 Å². The number of hydrogen-bond acceptors (Lipinski definition) is 5. The predicted octanol–water partition coefficient (Wildman–Crippen LogP) is 2.99. The van der Waals surface area contributed by atoms with Crippen LogP contribution in [0.5, 0.6) is 5.75 Å². The minimum Gasteiger partial charge on any atom is -0.489 e. The second-order valence-corrected chi connectivity index (χ2v) is 10.8. The molecule has 2 saturated heterocycles. The third-order valence-electron chi connectivity index (χ3n) is 7.44. The van der Waals surface area contributed by atoms with Crippen LogP contribution in [-0.4, -0.2) is 78.7 Å². The number of nitrogens with one attached hydrogen (secondary N) is 1. The lowest BCUT2D eigenvalue weighted by molar-refractivity contribution is -0.126. The summed E-state index contributed by atoms with van der Waals surface area (Å²) in [6.45, 7) is 10.4. The molecule has 7 nitrogen and oxygen atoms in total. The maximum absolute atomic E-state index is 13.8. The summed E-state index contributed by atoms with van der Waals surface area (Å²) in [4.78, 5) is 31.7. The lowest BCUT2D eigenvalue weighted by Crippen LogP contribution is -2.49. The molecular formula is C29H34BFN4O3. The molecule has 0 saturated carbocycles. The number of benzene rings is 2. The summed E-state index contributed by atoms with van der Waals surface area (Å²) in [5.41, 5.74) is 2.68. The first-order valence-electron chi connectivity index (χ1n) is 13.2. The van der Waals surface area contributed by atoms with Gasteiger partial charge in [-0.05, 0) is 43.0 Å². The molecule has 38 heavy (non-hydrogen) atoms. The average Bonchev–Trinajstić information content (AvgIpc) is 3.20. The quantitative estimate of drug-likeness (QED) is 0.547. The van der Waals surface area contributed by atoms with Gasteiger partial charge < -0.3 is 15.0 Å². The number of rotatable bonds is 8. The van der Waals surface area contributed by atoms with E-state index in [9.17, 15) is 14.0 Å². The fourth-order valence-electron chi connectivity index (χ4n) is 5.55. The second-order valence-electron chi connectivity index (χ2n) is 10.8. The van der Waals surface area contributed by atoms with Gasteiger partial charge in [0.25, 0.3) is 5.91 Å². The van der Waals surface area contributed by atoms with Gasteiger partial charge in [-0.3, -0.25) is 23.8 Å². The van der Waals surface area contributed by atoms with Crippen LogP contribution in [0.25, 0.3) is 0 Å². The van der Waals surface area contributed by atoms with E-state index in [1.807, 2.05) is 24.3 Å². The summed E-state index contributed by atoms with van der Waals surface area (Å²) in [6.07, 6.45) is 1.24. The van der Waals surface area contributed by atoms with Crippen molar-refractivity contribution in [1.29, 1.82) is 0 Å². The van der Waals surface area contributed by atoms with Crippen LogP contribution in [0.2, 0.25) is 0 Å². The Labute approximate surface area is 225 Å². The molecule has 1 N–H and O–H groups in total. The fraction of sp³-hybridized carbons (Fsp3) is 0.448. The van der Waals surface area contributed by atoms with Crippen molar-refractivity contribution < 1.29 is 18.7 Å². The van der Waals surface area contributed by atoms with Crippen LogP contribution in [0.15, 0.2) is 54.7 Å². The number of alkyl halides is 1. The number of amides is 2. The number of hydrogen-bond donors (Lipinski definition) is 1. The molecule has 2 fully saturated rings. The predicted molar refractivity (Wildman–Crippen MR) is 144 cm³/mol. The second kappa shape index (κ2) is 10.9. The molecule has 2 aromatic carbocycles. The number of fused-ring (bicyclic) bond motifs is 1. The van der Waals surface area contributed by atoms with Gasteiger partial charge >= 0.3 is 0 Å². The summed E-state index contributed by atoms with van der Waals surface area (Å²) < 4.78 is 20.0. The SMILES string of the molecule is [B]C(C)(F)CN1CCN(Cc2cccc(COc3cccc4c3CN(C3CCC(=C)NC3=O)C4=O)c2)CC1. The molecule has 0 aliphatic carbocycles. The lowest BCUT2D eigenvalue weighted by atomic mass is 9.85. The molecule has 198 valence electrons. The number of halogens is 1. The van der Waals surface area contributed by atoms with Gasteiger partial charge in [0.05, 0.1) is 12.1 Å². The highest BCUT2D eigenvalue weighted by molar-refractivity contribution is 6.14. The monoisotopic (exact) mass is 516 g/mol. The Hall–Kier alpha value is -3.17. The molecular weight excluding hydrogens is 482 g/mol. The van der Waals surface area contributed by atoms with Gasteiger partial charge in [0.15, 0.2) is 0 Å². The van der Waals surface area contributed by atoms with Gasteiger partial charge in [0.2, 0.25) is 5.91 Å². The highest BCUT2D eigenvalue weighted by Crippen LogP contribution is 2.34. The molecule has 2 amide bonds. The van der Waals surface area contributed by atoms with Crippen LogP contribution < -0.4 is 10.1 Å². The first-order valence-corrected chi connectivity index (χ1v) is 13.2. The van der Waals surface area contributed by atoms with E-state index in [1.54, 1.807) is 11.0 Å². The minimum absolute atomic E-state index is 0.136. The molecule has 2 unspecified atom stereocenters. The minimum atomic E-state index is -1.67. The van der Waals surface area contributed by atoms with E-state index in [-0.39, 0.29) is 18.4 Å². The van der Waals surface area contributed by atoms with E-state index in [4.69, 9.17) is 12.6 Å². The highest BCUT2D eigenvalue weighted by Gasteiger charge is 2.39. The number of carbonyl (C=O) groups is 2. The Morgan fingerprint density at radius 3 is 2.55 bits per heavy atom. The van der Waals surface area contributed by atoms with Crippen LogP contribution in [0.1, 0.15) is 46.8 Å². The largest absolute Gasteiger partial charge is 0.489 e. The number of ether oxygens (including phenoxy) is 1. The van der Waals surface area contributed by atoms with Crippen molar-refractivity contribution in [2.75, 3.05) is 32.7 Å². The molecule has 3 aliphatic rings. The van der Waals surface area contributed by atoms with Crippen molar-refractivity contribution in [1.82, 2.24) is 20.0 Å². The standard InChI is InChI=1S/C29H34BFN4O3/c1-20-9-10-25(27(36)32-20)35-17-24-23(28(35)37)7-4-8-26(24)38-18-22-6-3-5-21(15-22)16-33-11-13-34(14-12-33)19-29(2,30)31/h3-8,15,25H,1,9-14,16-19H2,2H3,(H,32,36). The van der Waals surface area contributed by atoms with Crippen molar-refractivity contribution in [3.8, 4) is 5.75 Å². The van der Waals surface area contributed by atoms with E-state index in [0.717, 1.165) is 43.9 Å². The van der Waals surface area contributed by atoms with Crippen molar-refractivity contribution in [3.63, 3.8) is 0 Å². The van der Waals surface area contributed by atoms with Gasteiger partial charge in [-0.25, -0.2) is 0 Å². The van der Waals surface area contributed by atoms with Crippen LogP contribution in [0.3, 0.4) is 0 Å². The molecule has 5 rings (SSSR count). The van der Waals surface area contributed by atoms with Crippen molar-refractivity contribution in [2.24, 2.45) is 0 Å². The topological polar surface area (TPSA) is 65.1 Å². The lowest BCUT2D eigenvalue weighted by Gasteiger charge is -2.36. The summed E-state index contributed by atoms with van der Waals surface area (Å²) in [7, 11) is 5.53. The first-order chi connectivity index (χ1) is 18.2. The van der Waals surface area contributed by atoms with E-state index in [1.165, 1.54) is 12.5 Å². The van der Waals surface area contributed by atoms with Crippen LogP contribution in [0, 0.1) is 0 Å². The maximum atomic E-state index is 13.8. The van der Waals surface area contributed by atoms with Gasteiger partial charge in [0, 0.05) is 56.1 Å². The molecule has 3 aliphatic heterocycles. The van der Waals surface area contributed by atoms with E-state index >= 15 is 0 Å². The van der Waals surface area contributed by atoms with Crippen molar-refractivity contribution >= 4 is 19.7 Å². The smallest absolute Gasteiger partial charge is 0.255 e. The third kappa shape index (κ3) is 6.10.